The third kappa shape index (κ3) is 5.25. The van der Waals surface area contributed by atoms with Crippen LogP contribution < -0.4 is 15.2 Å². The summed E-state index contributed by atoms with van der Waals surface area (Å²) in [5, 5.41) is 20.8. The topological polar surface area (TPSA) is 143 Å². The lowest BCUT2D eigenvalue weighted by molar-refractivity contribution is -0.148. The van der Waals surface area contributed by atoms with Crippen molar-refractivity contribution in [3.05, 3.63) is 72.8 Å². The monoisotopic (exact) mass is 509 g/mol. The number of hydrogen-bond donors (Lipinski definition) is 4. The van der Waals surface area contributed by atoms with Crippen LogP contribution in [0.3, 0.4) is 0 Å². The molecule has 4 rings (SSSR count). The Morgan fingerprint density at radius 1 is 1.06 bits per heavy atom. The molecular weight excluding hydrogens is 482 g/mol. The predicted molar refractivity (Wildman–Crippen MR) is 136 cm³/mol. The molecule has 1 amide bonds. The maximum absolute atomic E-state index is 13.3. The van der Waals surface area contributed by atoms with E-state index in [1.54, 1.807) is 55.5 Å². The van der Waals surface area contributed by atoms with Crippen LogP contribution in [-0.2, 0) is 19.6 Å². The molecule has 0 bridgehead atoms. The van der Waals surface area contributed by atoms with Gasteiger partial charge in [-0.1, -0.05) is 48.5 Å². The first-order chi connectivity index (χ1) is 17.2. The number of guanidine groups is 1. The number of nitrogens with zero attached hydrogens (tertiary/aromatic N) is 2. The molecule has 10 nitrogen and oxygen atoms in total. The van der Waals surface area contributed by atoms with Gasteiger partial charge in [-0.25, -0.2) is 17.9 Å². The lowest BCUT2D eigenvalue weighted by Gasteiger charge is -2.34. The summed E-state index contributed by atoms with van der Waals surface area (Å²) in [6.45, 7) is 1.89. The quantitative estimate of drug-likeness (QED) is 0.218. The van der Waals surface area contributed by atoms with Crippen LogP contribution in [-0.4, -0.2) is 54.9 Å². The number of likely N-dealkylation sites (tertiary alicyclic amines) is 1. The van der Waals surface area contributed by atoms with Crippen molar-refractivity contribution in [1.29, 1.82) is 5.41 Å². The fourth-order valence-corrected chi connectivity index (χ4v) is 5.24. The first kappa shape index (κ1) is 25.0. The average Bonchev–Trinajstić information content (AvgIpc) is 3.37. The summed E-state index contributed by atoms with van der Waals surface area (Å²) in [4.78, 5) is 26.2. The number of carboxylic acid groups (broad SMARTS) is 1. The van der Waals surface area contributed by atoms with Gasteiger partial charge in [0.1, 0.15) is 12.1 Å². The molecule has 1 heterocycles. The number of anilines is 1. The average molecular weight is 510 g/mol. The first-order valence-corrected chi connectivity index (χ1v) is 12.9. The number of rotatable bonds is 7. The lowest BCUT2D eigenvalue weighted by atomic mass is 10.1. The van der Waals surface area contributed by atoms with Gasteiger partial charge in [-0.05, 0) is 54.8 Å². The number of carbonyl (C=O) groups excluding carboxylic acids is 1. The van der Waals surface area contributed by atoms with E-state index >= 15 is 0 Å². The summed E-state index contributed by atoms with van der Waals surface area (Å²) in [6.07, 6.45) is 0.948. The Kier molecular flexibility index (Phi) is 7.11. The van der Waals surface area contributed by atoms with Gasteiger partial charge in [0.05, 0.1) is 10.6 Å². The number of sulfonamides is 1. The number of aliphatic carboxylic acids is 1. The van der Waals surface area contributed by atoms with Gasteiger partial charge in [-0.2, -0.15) is 0 Å². The number of hydrogen-bond acceptors (Lipinski definition) is 6. The Morgan fingerprint density at radius 2 is 1.72 bits per heavy atom. The SMILES string of the molecule is CC(C(=O)N1CCC[C@H]1C(=O)O)N(NC(=N)NS(=O)(=O)c1ccc2ccccc2c1)c1ccccc1. The molecular formula is C25H27N5O5S. The van der Waals surface area contributed by atoms with E-state index in [0.717, 1.165) is 10.8 Å². The molecule has 3 aromatic carbocycles. The van der Waals surface area contributed by atoms with Gasteiger partial charge in [0.25, 0.3) is 10.0 Å². The van der Waals surface area contributed by atoms with E-state index in [9.17, 15) is 23.1 Å². The van der Waals surface area contributed by atoms with Crippen LogP contribution in [0, 0.1) is 5.41 Å². The first-order valence-electron chi connectivity index (χ1n) is 11.4. The number of hydrazine groups is 1. The van der Waals surface area contributed by atoms with Crippen LogP contribution in [0.25, 0.3) is 10.8 Å². The van der Waals surface area contributed by atoms with Crippen LogP contribution >= 0.6 is 0 Å². The maximum Gasteiger partial charge on any atom is 0.326 e. The van der Waals surface area contributed by atoms with E-state index in [1.165, 1.54) is 22.0 Å². The summed E-state index contributed by atoms with van der Waals surface area (Å²) < 4.78 is 28.2. The van der Waals surface area contributed by atoms with Crippen LogP contribution in [0.15, 0.2) is 77.7 Å². The number of fused-ring (bicyclic) bond motifs is 1. The summed E-state index contributed by atoms with van der Waals surface area (Å²) in [6, 6.07) is 18.8. The molecule has 0 aliphatic carbocycles. The van der Waals surface area contributed by atoms with E-state index in [1.807, 2.05) is 12.1 Å². The molecule has 11 heteroatoms. The second kappa shape index (κ2) is 10.2. The Hall–Kier alpha value is -4.12. The normalized spacial score (nSPS) is 16.4. The van der Waals surface area contributed by atoms with Gasteiger partial charge >= 0.3 is 5.97 Å². The minimum Gasteiger partial charge on any atom is -0.480 e. The second-order valence-corrected chi connectivity index (χ2v) is 10.2. The molecule has 36 heavy (non-hydrogen) atoms. The third-order valence-electron chi connectivity index (χ3n) is 6.10. The van der Waals surface area contributed by atoms with E-state index in [-0.39, 0.29) is 4.90 Å². The molecule has 1 aliphatic rings. The highest BCUT2D eigenvalue weighted by atomic mass is 32.2. The van der Waals surface area contributed by atoms with Crippen molar-refractivity contribution in [3.63, 3.8) is 0 Å². The zero-order valence-electron chi connectivity index (χ0n) is 19.6. The van der Waals surface area contributed by atoms with Crippen LogP contribution in [0.1, 0.15) is 19.8 Å². The number of amides is 1. The van der Waals surface area contributed by atoms with E-state index in [2.05, 4.69) is 10.1 Å². The van der Waals surface area contributed by atoms with Crippen molar-refractivity contribution in [3.8, 4) is 0 Å². The van der Waals surface area contributed by atoms with Gasteiger partial charge in [0.15, 0.2) is 0 Å². The number of para-hydroxylation sites is 1. The van der Waals surface area contributed by atoms with Gasteiger partial charge in [-0.3, -0.25) is 20.6 Å². The van der Waals surface area contributed by atoms with Crippen LogP contribution in [0.5, 0.6) is 0 Å². The molecule has 188 valence electrons. The molecule has 0 saturated carbocycles. The van der Waals surface area contributed by atoms with Crippen molar-refractivity contribution in [2.45, 2.75) is 36.7 Å². The Bertz CT molecular complexity index is 1400. The second-order valence-electron chi connectivity index (χ2n) is 8.51. The zero-order valence-corrected chi connectivity index (χ0v) is 20.4. The Balaban J connectivity index is 1.55. The molecule has 2 atom stereocenters. The summed E-state index contributed by atoms with van der Waals surface area (Å²) in [7, 11) is -4.10. The van der Waals surface area contributed by atoms with Crippen molar-refractivity contribution in [2.24, 2.45) is 0 Å². The van der Waals surface area contributed by atoms with Gasteiger partial charge in [0.2, 0.25) is 11.9 Å². The van der Waals surface area contributed by atoms with E-state index in [4.69, 9.17) is 5.41 Å². The Labute approximate surface area is 209 Å². The third-order valence-corrected chi connectivity index (χ3v) is 7.45. The molecule has 0 radical (unpaired) electrons. The summed E-state index contributed by atoms with van der Waals surface area (Å²) >= 11 is 0. The molecule has 1 fully saturated rings. The highest BCUT2D eigenvalue weighted by Crippen LogP contribution is 2.22. The highest BCUT2D eigenvalue weighted by molar-refractivity contribution is 7.90. The van der Waals surface area contributed by atoms with Gasteiger partial charge < -0.3 is 10.0 Å². The van der Waals surface area contributed by atoms with Crippen molar-refractivity contribution >= 4 is 44.3 Å². The molecule has 3 aromatic rings. The van der Waals surface area contributed by atoms with Gasteiger partial charge in [-0.15, -0.1) is 0 Å². The van der Waals surface area contributed by atoms with Crippen molar-refractivity contribution in [1.82, 2.24) is 15.0 Å². The minimum atomic E-state index is -4.10. The van der Waals surface area contributed by atoms with Crippen molar-refractivity contribution in [2.75, 3.05) is 11.6 Å². The molecule has 1 unspecified atom stereocenters. The van der Waals surface area contributed by atoms with Gasteiger partial charge in [0, 0.05) is 6.54 Å². The van der Waals surface area contributed by atoms with Crippen LogP contribution in [0.2, 0.25) is 0 Å². The summed E-state index contributed by atoms with van der Waals surface area (Å²) in [5.41, 5.74) is 3.18. The number of benzene rings is 3. The van der Waals surface area contributed by atoms with Crippen LogP contribution in [0.4, 0.5) is 5.69 Å². The molecule has 4 N–H and O–H groups in total. The molecule has 1 aliphatic heterocycles. The molecule has 1 saturated heterocycles. The largest absolute Gasteiger partial charge is 0.480 e. The number of carbonyl (C=O) groups is 2. The standard InChI is InChI=1S/C25H27N5O5S/c1-17(23(31)29-15-7-12-22(29)24(32)33)30(20-10-3-2-4-11-20)27-25(26)28-36(34,35)21-14-13-18-8-5-6-9-19(18)16-21/h2-6,8-11,13-14,16-17,22H,7,12,15H2,1H3,(H,32,33)(H3,26,27,28)/t17?,22-/m0/s1. The predicted octanol–water partition coefficient (Wildman–Crippen LogP) is 2.53. The van der Waals surface area contributed by atoms with E-state index < -0.39 is 39.9 Å². The minimum absolute atomic E-state index is 0.00972. The maximum atomic E-state index is 13.3. The highest BCUT2D eigenvalue weighted by Gasteiger charge is 2.38. The number of carboxylic acids is 1. The molecule has 0 aromatic heterocycles. The van der Waals surface area contributed by atoms with E-state index in [0.29, 0.717) is 25.1 Å². The summed E-state index contributed by atoms with van der Waals surface area (Å²) in [5.74, 6) is -2.08. The fourth-order valence-electron chi connectivity index (χ4n) is 4.28. The fraction of sp³-hybridized carbons (Fsp3) is 0.240. The van der Waals surface area contributed by atoms with Crippen molar-refractivity contribution < 1.29 is 23.1 Å². The number of nitrogens with one attached hydrogen (secondary N) is 3. The zero-order chi connectivity index (χ0) is 25.9. The Morgan fingerprint density at radius 3 is 2.42 bits per heavy atom. The lowest BCUT2D eigenvalue weighted by Crippen LogP contribution is -2.58. The smallest absolute Gasteiger partial charge is 0.326 e. The molecule has 0 spiro atoms.